The van der Waals surface area contributed by atoms with Gasteiger partial charge in [-0.25, -0.2) is 0 Å². The lowest BCUT2D eigenvalue weighted by Gasteiger charge is -1.98. The molecule has 13 heavy (non-hydrogen) atoms. The summed E-state index contributed by atoms with van der Waals surface area (Å²) in [7, 11) is 0. The molecule has 0 unspecified atom stereocenters. The van der Waals surface area contributed by atoms with Gasteiger partial charge in [0.2, 0.25) is 0 Å². The Bertz CT molecular complexity index is 310. The summed E-state index contributed by atoms with van der Waals surface area (Å²) in [6.45, 7) is 1.01. The zero-order valence-electron chi connectivity index (χ0n) is 7.14. The highest BCUT2D eigenvalue weighted by Gasteiger charge is 1.97. The smallest absolute Gasteiger partial charge is 0.128 e. The van der Waals surface area contributed by atoms with Gasteiger partial charge in [0.25, 0.3) is 0 Å². The number of nitrogens with two attached hydrogens (primary N) is 1. The summed E-state index contributed by atoms with van der Waals surface area (Å²) in [5, 5.41) is 18.3. The average molecular weight is 180 g/mol. The Labute approximate surface area is 76.3 Å². The van der Waals surface area contributed by atoms with Crippen LogP contribution in [0.15, 0.2) is 23.2 Å². The highest BCUT2D eigenvalue weighted by molar-refractivity contribution is 5.83. The van der Waals surface area contributed by atoms with Crippen LogP contribution >= 0.6 is 0 Å². The van der Waals surface area contributed by atoms with Gasteiger partial charge in [-0.05, 0) is 12.1 Å². The van der Waals surface area contributed by atoms with Crippen molar-refractivity contribution in [3.8, 4) is 11.5 Å². The van der Waals surface area contributed by atoms with E-state index in [-0.39, 0.29) is 11.5 Å². The van der Waals surface area contributed by atoms with Gasteiger partial charge in [-0.3, -0.25) is 4.99 Å². The third-order valence-electron chi connectivity index (χ3n) is 1.50. The Hall–Kier alpha value is -1.55. The molecule has 4 nitrogen and oxygen atoms in total. The minimum atomic E-state index is 0.0146. The largest absolute Gasteiger partial charge is 0.508 e. The van der Waals surface area contributed by atoms with Crippen molar-refractivity contribution >= 4 is 6.21 Å². The van der Waals surface area contributed by atoms with Crippen LogP contribution in [-0.4, -0.2) is 29.5 Å². The van der Waals surface area contributed by atoms with E-state index in [1.54, 1.807) is 6.07 Å². The summed E-state index contributed by atoms with van der Waals surface area (Å²) in [6, 6.07) is 4.35. The zero-order valence-corrected chi connectivity index (χ0v) is 7.14. The molecule has 1 rings (SSSR count). The van der Waals surface area contributed by atoms with Crippen molar-refractivity contribution in [2.75, 3.05) is 13.1 Å². The van der Waals surface area contributed by atoms with E-state index < -0.39 is 0 Å². The molecule has 0 aliphatic rings. The number of aromatic hydroxyl groups is 2. The molecule has 0 saturated carbocycles. The minimum absolute atomic E-state index is 0.0146. The van der Waals surface area contributed by atoms with Gasteiger partial charge in [0.1, 0.15) is 11.5 Å². The normalized spacial score (nSPS) is 10.8. The summed E-state index contributed by atoms with van der Waals surface area (Å²) in [5.41, 5.74) is 5.81. The van der Waals surface area contributed by atoms with Crippen LogP contribution in [0.5, 0.6) is 11.5 Å². The Morgan fingerprint density at radius 2 is 2.15 bits per heavy atom. The van der Waals surface area contributed by atoms with E-state index in [1.807, 2.05) is 0 Å². The van der Waals surface area contributed by atoms with Crippen LogP contribution in [-0.2, 0) is 0 Å². The molecule has 0 bridgehead atoms. The molecule has 0 aliphatic carbocycles. The Kier molecular flexibility index (Phi) is 3.28. The molecule has 0 atom stereocenters. The predicted octanol–water partition coefficient (Wildman–Crippen LogP) is 0.475. The highest BCUT2D eigenvalue weighted by Crippen LogP contribution is 2.20. The highest BCUT2D eigenvalue weighted by atomic mass is 16.3. The van der Waals surface area contributed by atoms with Crippen LogP contribution in [0.25, 0.3) is 0 Å². The molecule has 4 heteroatoms. The molecular weight excluding hydrogens is 168 g/mol. The molecule has 0 fully saturated rings. The Morgan fingerprint density at radius 3 is 2.77 bits per heavy atom. The second-order valence-corrected chi connectivity index (χ2v) is 2.57. The summed E-state index contributed by atoms with van der Waals surface area (Å²) in [6.07, 6.45) is 1.53. The molecule has 0 amide bonds. The predicted molar refractivity (Wildman–Crippen MR) is 51.3 cm³/mol. The lowest BCUT2D eigenvalue weighted by molar-refractivity contribution is 0.450. The van der Waals surface area contributed by atoms with Crippen molar-refractivity contribution in [2.45, 2.75) is 0 Å². The van der Waals surface area contributed by atoms with Crippen molar-refractivity contribution < 1.29 is 10.2 Å². The van der Waals surface area contributed by atoms with Gasteiger partial charge in [0.05, 0.1) is 6.54 Å². The molecule has 0 aliphatic heterocycles. The molecule has 1 aromatic carbocycles. The number of rotatable bonds is 3. The number of hydrogen-bond donors (Lipinski definition) is 3. The first-order valence-corrected chi connectivity index (χ1v) is 3.96. The van der Waals surface area contributed by atoms with E-state index in [2.05, 4.69) is 4.99 Å². The number of phenols is 2. The maximum Gasteiger partial charge on any atom is 0.128 e. The van der Waals surface area contributed by atoms with E-state index in [4.69, 9.17) is 10.8 Å². The zero-order chi connectivity index (χ0) is 9.68. The van der Waals surface area contributed by atoms with E-state index in [0.717, 1.165) is 0 Å². The van der Waals surface area contributed by atoms with Gasteiger partial charge in [-0.1, -0.05) is 0 Å². The minimum Gasteiger partial charge on any atom is -0.508 e. The van der Waals surface area contributed by atoms with E-state index in [0.29, 0.717) is 18.7 Å². The van der Waals surface area contributed by atoms with Crippen molar-refractivity contribution in [1.82, 2.24) is 0 Å². The van der Waals surface area contributed by atoms with Gasteiger partial charge in [-0.2, -0.15) is 0 Å². The fraction of sp³-hybridized carbons (Fsp3) is 0.222. The maximum atomic E-state index is 9.31. The van der Waals surface area contributed by atoms with Crippen LogP contribution in [0.1, 0.15) is 5.56 Å². The van der Waals surface area contributed by atoms with Crippen molar-refractivity contribution in [3.05, 3.63) is 23.8 Å². The SMILES string of the molecule is NCCN=Cc1ccc(O)cc1O. The van der Waals surface area contributed by atoms with Crippen LogP contribution in [0.3, 0.4) is 0 Å². The molecule has 0 aromatic heterocycles. The Balaban J connectivity index is 2.77. The van der Waals surface area contributed by atoms with Crippen LogP contribution in [0.2, 0.25) is 0 Å². The second-order valence-electron chi connectivity index (χ2n) is 2.57. The monoisotopic (exact) mass is 180 g/mol. The molecule has 1 aromatic rings. The molecule has 4 N–H and O–H groups in total. The van der Waals surface area contributed by atoms with Crippen LogP contribution in [0, 0.1) is 0 Å². The number of aliphatic imine (C=N–C) groups is 1. The first kappa shape index (κ1) is 9.54. The van der Waals surface area contributed by atoms with Crippen molar-refractivity contribution in [3.63, 3.8) is 0 Å². The molecular formula is C9H12N2O2. The fourth-order valence-electron chi connectivity index (χ4n) is 0.879. The lowest BCUT2D eigenvalue weighted by atomic mass is 10.2. The third kappa shape index (κ3) is 2.76. The Morgan fingerprint density at radius 1 is 1.38 bits per heavy atom. The van der Waals surface area contributed by atoms with E-state index >= 15 is 0 Å². The van der Waals surface area contributed by atoms with E-state index in [1.165, 1.54) is 18.3 Å². The van der Waals surface area contributed by atoms with E-state index in [9.17, 15) is 5.11 Å². The van der Waals surface area contributed by atoms with Gasteiger partial charge < -0.3 is 15.9 Å². The standard InChI is InChI=1S/C9H12N2O2/c10-3-4-11-6-7-1-2-8(12)5-9(7)13/h1-2,5-6,12-13H,3-4,10H2. The second kappa shape index (κ2) is 4.47. The van der Waals surface area contributed by atoms with Crippen LogP contribution < -0.4 is 5.73 Å². The summed E-state index contributed by atoms with van der Waals surface area (Å²) < 4.78 is 0. The first-order chi connectivity index (χ1) is 6.24. The van der Waals surface area contributed by atoms with Crippen molar-refractivity contribution in [1.29, 1.82) is 0 Å². The number of nitrogens with zero attached hydrogens (tertiary/aromatic N) is 1. The number of phenolic OH excluding ortho intramolecular Hbond substituents is 2. The number of hydrogen-bond acceptors (Lipinski definition) is 4. The maximum absolute atomic E-state index is 9.31. The topological polar surface area (TPSA) is 78.8 Å². The molecule has 0 spiro atoms. The molecule has 0 radical (unpaired) electrons. The van der Waals surface area contributed by atoms with Crippen LogP contribution in [0.4, 0.5) is 0 Å². The molecule has 70 valence electrons. The van der Waals surface area contributed by atoms with Gasteiger partial charge in [0, 0.05) is 24.4 Å². The molecule has 0 heterocycles. The fourth-order valence-corrected chi connectivity index (χ4v) is 0.879. The van der Waals surface area contributed by atoms with Gasteiger partial charge in [-0.15, -0.1) is 0 Å². The van der Waals surface area contributed by atoms with Gasteiger partial charge in [0.15, 0.2) is 0 Å². The number of benzene rings is 1. The lowest BCUT2D eigenvalue weighted by Crippen LogP contribution is -2.02. The van der Waals surface area contributed by atoms with Crippen molar-refractivity contribution in [2.24, 2.45) is 10.7 Å². The quantitative estimate of drug-likeness (QED) is 0.592. The first-order valence-electron chi connectivity index (χ1n) is 3.96. The summed E-state index contributed by atoms with van der Waals surface area (Å²) >= 11 is 0. The molecule has 0 saturated heterocycles. The average Bonchev–Trinajstić information content (AvgIpc) is 2.09. The summed E-state index contributed by atoms with van der Waals surface area (Å²) in [5.74, 6) is 0.0502. The summed E-state index contributed by atoms with van der Waals surface area (Å²) in [4.78, 5) is 3.96. The van der Waals surface area contributed by atoms with Gasteiger partial charge >= 0.3 is 0 Å². The third-order valence-corrected chi connectivity index (χ3v) is 1.50.